The molecule has 1 aromatic carbocycles. The van der Waals surface area contributed by atoms with E-state index in [1.54, 1.807) is 0 Å². The summed E-state index contributed by atoms with van der Waals surface area (Å²) < 4.78 is 5.73. The zero-order valence-electron chi connectivity index (χ0n) is 12.2. The number of benzene rings is 1. The van der Waals surface area contributed by atoms with E-state index in [9.17, 15) is 24.6 Å². The monoisotopic (exact) mass is 335 g/mol. The number of phenolic OH excluding ortho intramolecular Hbond substituents is 2. The van der Waals surface area contributed by atoms with Crippen LogP contribution >= 0.6 is 0 Å². The predicted molar refractivity (Wildman–Crippen MR) is 79.7 cm³/mol. The van der Waals surface area contributed by atoms with Crippen molar-refractivity contribution in [3.8, 4) is 11.5 Å². The molecule has 4 N–H and O–H groups in total. The largest absolute Gasteiger partial charge is 0.504 e. The van der Waals surface area contributed by atoms with Crippen molar-refractivity contribution in [3.05, 3.63) is 46.5 Å². The molecule has 1 amide bonds. The van der Waals surface area contributed by atoms with Gasteiger partial charge in [0, 0.05) is 6.20 Å². The van der Waals surface area contributed by atoms with Gasteiger partial charge in [-0.3, -0.25) is 14.7 Å². The molecule has 0 bridgehead atoms. The molecule has 0 aliphatic carbocycles. The number of carboxylic acids is 1. The zero-order chi connectivity index (χ0) is 17.7. The number of nitrogens with zero attached hydrogens (tertiary/aromatic N) is 2. The SMILES string of the molecule is O=C(O)Cn1ccc(NC(=O)OCc2ccc(O)c(O)c2)nc1=O. The van der Waals surface area contributed by atoms with Crippen molar-refractivity contribution in [1.82, 2.24) is 9.55 Å². The lowest BCUT2D eigenvalue weighted by Crippen LogP contribution is -2.27. The first kappa shape index (κ1) is 16.8. The lowest BCUT2D eigenvalue weighted by atomic mass is 10.2. The van der Waals surface area contributed by atoms with Crippen LogP contribution in [0.25, 0.3) is 0 Å². The number of aliphatic carboxylic acids is 1. The number of phenols is 2. The molecule has 0 atom stereocenters. The van der Waals surface area contributed by atoms with Gasteiger partial charge in [0.15, 0.2) is 11.5 Å². The number of rotatable bonds is 5. The van der Waals surface area contributed by atoms with Crippen molar-refractivity contribution >= 4 is 17.9 Å². The normalized spacial score (nSPS) is 10.2. The zero-order valence-corrected chi connectivity index (χ0v) is 12.2. The van der Waals surface area contributed by atoms with Crippen LogP contribution in [0.5, 0.6) is 11.5 Å². The van der Waals surface area contributed by atoms with Gasteiger partial charge in [-0.05, 0) is 23.8 Å². The Balaban J connectivity index is 1.94. The molecule has 1 heterocycles. The fourth-order valence-corrected chi connectivity index (χ4v) is 1.71. The number of anilines is 1. The van der Waals surface area contributed by atoms with Gasteiger partial charge < -0.3 is 20.1 Å². The van der Waals surface area contributed by atoms with Crippen molar-refractivity contribution in [2.45, 2.75) is 13.2 Å². The molecule has 24 heavy (non-hydrogen) atoms. The number of carbonyl (C=O) groups excluding carboxylic acids is 1. The van der Waals surface area contributed by atoms with E-state index in [0.717, 1.165) is 4.57 Å². The summed E-state index contributed by atoms with van der Waals surface area (Å²) in [7, 11) is 0. The lowest BCUT2D eigenvalue weighted by Gasteiger charge is -2.08. The van der Waals surface area contributed by atoms with Crippen LogP contribution in [0.4, 0.5) is 10.6 Å². The van der Waals surface area contributed by atoms with Crippen LogP contribution in [-0.4, -0.2) is 36.9 Å². The summed E-state index contributed by atoms with van der Waals surface area (Å²) in [6.45, 7) is -0.726. The summed E-state index contributed by atoms with van der Waals surface area (Å²) in [4.78, 5) is 37.2. The molecule has 0 spiro atoms. The molecule has 0 aliphatic heterocycles. The Hall–Kier alpha value is -3.56. The molecule has 1 aromatic heterocycles. The van der Waals surface area contributed by atoms with E-state index >= 15 is 0 Å². The summed E-state index contributed by atoms with van der Waals surface area (Å²) >= 11 is 0. The fraction of sp³-hybridized carbons (Fsp3) is 0.143. The Morgan fingerprint density at radius 3 is 2.58 bits per heavy atom. The summed E-state index contributed by atoms with van der Waals surface area (Å²) in [6, 6.07) is 5.18. The smallest absolute Gasteiger partial charge is 0.413 e. The Morgan fingerprint density at radius 1 is 1.21 bits per heavy atom. The minimum Gasteiger partial charge on any atom is -0.504 e. The van der Waals surface area contributed by atoms with Gasteiger partial charge in [-0.25, -0.2) is 9.59 Å². The highest BCUT2D eigenvalue weighted by molar-refractivity contribution is 5.83. The first-order valence-electron chi connectivity index (χ1n) is 6.59. The van der Waals surface area contributed by atoms with Crippen molar-refractivity contribution in [3.63, 3.8) is 0 Å². The molecule has 10 heteroatoms. The number of nitrogens with one attached hydrogen (secondary N) is 1. The van der Waals surface area contributed by atoms with Crippen LogP contribution in [0.15, 0.2) is 35.3 Å². The van der Waals surface area contributed by atoms with Gasteiger partial charge in [0.2, 0.25) is 0 Å². The number of aromatic hydroxyl groups is 2. The molecule has 126 valence electrons. The molecular formula is C14H13N3O7. The first-order valence-corrected chi connectivity index (χ1v) is 6.59. The number of ether oxygens (including phenoxy) is 1. The Morgan fingerprint density at radius 2 is 1.96 bits per heavy atom. The maximum absolute atomic E-state index is 11.6. The van der Waals surface area contributed by atoms with Crippen molar-refractivity contribution in [2.75, 3.05) is 5.32 Å². The highest BCUT2D eigenvalue weighted by Gasteiger charge is 2.09. The third-order valence-corrected chi connectivity index (χ3v) is 2.82. The van der Waals surface area contributed by atoms with Crippen LogP contribution in [-0.2, 0) is 22.7 Å². The molecule has 0 unspecified atom stereocenters. The molecule has 0 fully saturated rings. The van der Waals surface area contributed by atoms with Crippen molar-refractivity contribution < 1.29 is 29.6 Å². The third kappa shape index (κ3) is 4.47. The van der Waals surface area contributed by atoms with Crippen molar-refractivity contribution in [2.24, 2.45) is 0 Å². The molecule has 2 rings (SSSR count). The third-order valence-electron chi connectivity index (χ3n) is 2.82. The lowest BCUT2D eigenvalue weighted by molar-refractivity contribution is -0.137. The van der Waals surface area contributed by atoms with Crippen LogP contribution < -0.4 is 11.0 Å². The van der Waals surface area contributed by atoms with E-state index in [4.69, 9.17) is 9.84 Å². The maximum Gasteiger partial charge on any atom is 0.413 e. The molecule has 0 radical (unpaired) electrons. The fourth-order valence-electron chi connectivity index (χ4n) is 1.71. The predicted octanol–water partition coefficient (Wildman–Crippen LogP) is 0.488. The van der Waals surface area contributed by atoms with Gasteiger partial charge in [-0.15, -0.1) is 0 Å². The minimum absolute atomic E-state index is 0.0970. The van der Waals surface area contributed by atoms with Crippen LogP contribution in [0, 0.1) is 0 Å². The van der Waals surface area contributed by atoms with Gasteiger partial charge in [0.25, 0.3) is 0 Å². The number of amides is 1. The number of hydrogen-bond acceptors (Lipinski definition) is 7. The number of carbonyl (C=O) groups is 2. The van der Waals surface area contributed by atoms with Crippen molar-refractivity contribution in [1.29, 1.82) is 0 Å². The Kier molecular flexibility index (Phi) is 5.00. The van der Waals surface area contributed by atoms with E-state index in [1.165, 1.54) is 30.5 Å². The molecule has 0 saturated carbocycles. The van der Waals surface area contributed by atoms with Gasteiger partial charge in [0.1, 0.15) is 19.0 Å². The topological polar surface area (TPSA) is 151 Å². The highest BCUT2D eigenvalue weighted by Crippen LogP contribution is 2.25. The highest BCUT2D eigenvalue weighted by atomic mass is 16.5. The maximum atomic E-state index is 11.6. The summed E-state index contributed by atoms with van der Waals surface area (Å²) in [5.74, 6) is -1.94. The molecular weight excluding hydrogens is 322 g/mol. The number of aromatic nitrogens is 2. The van der Waals surface area contributed by atoms with Crippen LogP contribution in [0.2, 0.25) is 0 Å². The number of carboxylic acid groups (broad SMARTS) is 1. The standard InChI is InChI=1S/C14H13N3O7/c18-9-2-1-8(5-10(9)19)7-24-14(23)16-11-3-4-17(6-12(20)21)13(22)15-11/h1-5,18-19H,6-7H2,(H,20,21)(H,15,16,22,23). The second-order valence-corrected chi connectivity index (χ2v) is 4.64. The molecule has 10 nitrogen and oxygen atoms in total. The molecule has 0 saturated heterocycles. The first-order chi connectivity index (χ1) is 11.3. The Labute approximate surface area is 134 Å². The van der Waals surface area contributed by atoms with E-state index in [0.29, 0.717) is 5.56 Å². The van der Waals surface area contributed by atoms with Crippen LogP contribution in [0.1, 0.15) is 5.56 Å². The van der Waals surface area contributed by atoms with E-state index in [2.05, 4.69) is 10.3 Å². The second kappa shape index (κ2) is 7.13. The van der Waals surface area contributed by atoms with Gasteiger partial charge in [-0.1, -0.05) is 6.07 Å². The number of hydrogen-bond donors (Lipinski definition) is 4. The van der Waals surface area contributed by atoms with Gasteiger partial charge in [0.05, 0.1) is 0 Å². The van der Waals surface area contributed by atoms with Gasteiger partial charge >= 0.3 is 17.8 Å². The van der Waals surface area contributed by atoms with Gasteiger partial charge in [-0.2, -0.15) is 4.98 Å². The Bertz CT molecular complexity index is 831. The van der Waals surface area contributed by atoms with E-state index in [1.807, 2.05) is 0 Å². The summed E-state index contributed by atoms with van der Waals surface area (Å²) in [6.07, 6.45) is 0.280. The van der Waals surface area contributed by atoms with E-state index in [-0.39, 0.29) is 23.9 Å². The van der Waals surface area contributed by atoms with Crippen LogP contribution in [0.3, 0.4) is 0 Å². The second-order valence-electron chi connectivity index (χ2n) is 4.64. The summed E-state index contributed by atoms with van der Waals surface area (Å²) in [5.41, 5.74) is -0.399. The average molecular weight is 335 g/mol. The van der Waals surface area contributed by atoms with E-state index < -0.39 is 24.3 Å². The average Bonchev–Trinajstić information content (AvgIpc) is 2.51. The minimum atomic E-state index is -1.20. The molecule has 0 aliphatic rings. The summed E-state index contributed by atoms with van der Waals surface area (Å²) in [5, 5.41) is 29.3. The molecule has 2 aromatic rings. The quantitative estimate of drug-likeness (QED) is 0.576.